The first-order valence-electron chi connectivity index (χ1n) is 13.2. The maximum atomic E-state index is 13.5. The van der Waals surface area contributed by atoms with Crippen molar-refractivity contribution in [3.8, 4) is 0 Å². The SMILES string of the molecule is CCCNc1nc(Nc2cccc(F)c2)ncc1CC1CC(NC(=O)[C@H](C)N(C)C(=O)/C=C/CN(C)C)C1. The predicted octanol–water partition coefficient (Wildman–Crippen LogP) is 3.58. The van der Waals surface area contributed by atoms with Crippen LogP contribution in [0.25, 0.3) is 0 Å². The van der Waals surface area contributed by atoms with Crippen molar-refractivity contribution in [2.45, 2.75) is 51.6 Å². The van der Waals surface area contributed by atoms with Gasteiger partial charge in [-0.2, -0.15) is 4.98 Å². The number of benzene rings is 1. The fourth-order valence-electron chi connectivity index (χ4n) is 4.21. The highest BCUT2D eigenvalue weighted by atomic mass is 19.1. The summed E-state index contributed by atoms with van der Waals surface area (Å²) in [5, 5.41) is 9.51. The normalized spacial score (nSPS) is 17.7. The van der Waals surface area contributed by atoms with Gasteiger partial charge in [-0.25, -0.2) is 9.37 Å². The Morgan fingerprint density at radius 2 is 2.00 bits per heavy atom. The Bertz CT molecular complexity index is 1120. The second-order valence-corrected chi connectivity index (χ2v) is 10.2. The van der Waals surface area contributed by atoms with Crippen LogP contribution in [0.1, 0.15) is 38.7 Å². The largest absolute Gasteiger partial charge is 0.370 e. The molecule has 206 valence electrons. The van der Waals surface area contributed by atoms with E-state index in [4.69, 9.17) is 0 Å². The van der Waals surface area contributed by atoms with E-state index in [2.05, 4.69) is 32.8 Å². The van der Waals surface area contributed by atoms with Crippen molar-refractivity contribution in [3.63, 3.8) is 0 Å². The lowest BCUT2D eigenvalue weighted by atomic mass is 9.76. The topological polar surface area (TPSA) is 102 Å². The number of carbonyl (C=O) groups is 2. The molecule has 0 aliphatic heterocycles. The van der Waals surface area contributed by atoms with Crippen LogP contribution in [0.15, 0.2) is 42.6 Å². The fourth-order valence-corrected chi connectivity index (χ4v) is 4.21. The highest BCUT2D eigenvalue weighted by Gasteiger charge is 2.33. The zero-order chi connectivity index (χ0) is 27.7. The molecule has 1 aromatic heterocycles. The Morgan fingerprint density at radius 3 is 2.68 bits per heavy atom. The van der Waals surface area contributed by atoms with Crippen LogP contribution in [-0.4, -0.2) is 77.9 Å². The number of anilines is 3. The van der Waals surface area contributed by atoms with Gasteiger partial charge >= 0.3 is 0 Å². The zero-order valence-corrected chi connectivity index (χ0v) is 23.0. The van der Waals surface area contributed by atoms with Crippen LogP contribution >= 0.6 is 0 Å². The van der Waals surface area contributed by atoms with Gasteiger partial charge in [0, 0.05) is 49.7 Å². The molecule has 1 aliphatic carbocycles. The third-order valence-corrected chi connectivity index (χ3v) is 6.62. The van der Waals surface area contributed by atoms with Gasteiger partial charge in [-0.1, -0.05) is 19.1 Å². The van der Waals surface area contributed by atoms with E-state index in [-0.39, 0.29) is 23.7 Å². The van der Waals surface area contributed by atoms with Crippen LogP contribution in [-0.2, 0) is 16.0 Å². The molecule has 0 bridgehead atoms. The smallest absolute Gasteiger partial charge is 0.246 e. The summed E-state index contributed by atoms with van der Waals surface area (Å²) in [6, 6.07) is 5.72. The Morgan fingerprint density at radius 1 is 1.24 bits per heavy atom. The first kappa shape index (κ1) is 29.0. The molecule has 3 rings (SSSR count). The number of hydrogen-bond donors (Lipinski definition) is 3. The number of nitrogens with one attached hydrogen (secondary N) is 3. The Kier molecular flexibility index (Phi) is 10.6. The molecule has 9 nitrogen and oxygen atoms in total. The van der Waals surface area contributed by atoms with Crippen molar-refractivity contribution in [2.24, 2.45) is 5.92 Å². The van der Waals surface area contributed by atoms with Crippen LogP contribution in [0.2, 0.25) is 0 Å². The van der Waals surface area contributed by atoms with Gasteiger partial charge in [0.05, 0.1) is 0 Å². The van der Waals surface area contributed by atoms with Gasteiger partial charge in [0.25, 0.3) is 0 Å². The average Bonchev–Trinajstić information content (AvgIpc) is 2.85. The number of halogens is 1. The number of hydrogen-bond acceptors (Lipinski definition) is 7. The number of rotatable bonds is 13. The second kappa shape index (κ2) is 13.9. The molecule has 0 radical (unpaired) electrons. The maximum Gasteiger partial charge on any atom is 0.246 e. The van der Waals surface area contributed by atoms with Gasteiger partial charge in [-0.3, -0.25) is 9.59 Å². The van der Waals surface area contributed by atoms with Gasteiger partial charge in [-0.15, -0.1) is 0 Å². The van der Waals surface area contributed by atoms with Crippen LogP contribution in [0.3, 0.4) is 0 Å². The quantitative estimate of drug-likeness (QED) is 0.344. The average molecular weight is 526 g/mol. The summed E-state index contributed by atoms with van der Waals surface area (Å²) in [5.74, 6) is 0.907. The lowest BCUT2D eigenvalue weighted by Crippen LogP contribution is -2.52. The van der Waals surface area contributed by atoms with E-state index >= 15 is 0 Å². The molecule has 1 aliphatic rings. The van der Waals surface area contributed by atoms with Gasteiger partial charge in [0.1, 0.15) is 17.7 Å². The van der Waals surface area contributed by atoms with E-state index < -0.39 is 6.04 Å². The molecule has 1 aromatic carbocycles. The van der Waals surface area contributed by atoms with E-state index in [1.807, 2.05) is 25.2 Å². The third kappa shape index (κ3) is 8.51. The molecule has 1 heterocycles. The van der Waals surface area contributed by atoms with Crippen molar-refractivity contribution in [1.82, 2.24) is 25.1 Å². The zero-order valence-electron chi connectivity index (χ0n) is 23.0. The number of likely N-dealkylation sites (N-methyl/N-ethyl adjacent to an activating group) is 2. The van der Waals surface area contributed by atoms with Crippen molar-refractivity contribution in [3.05, 3.63) is 54.0 Å². The molecule has 1 atom stereocenters. The van der Waals surface area contributed by atoms with Gasteiger partial charge in [0.15, 0.2) is 0 Å². The summed E-state index contributed by atoms with van der Waals surface area (Å²) in [6.45, 7) is 5.27. The van der Waals surface area contributed by atoms with Crippen LogP contribution in [0.5, 0.6) is 0 Å². The molecule has 2 aromatic rings. The maximum absolute atomic E-state index is 13.5. The highest BCUT2D eigenvalue weighted by Crippen LogP contribution is 2.32. The number of carbonyl (C=O) groups excluding carboxylic acids is 2. The molecule has 0 unspecified atom stereocenters. The van der Waals surface area contributed by atoms with E-state index in [1.54, 1.807) is 32.2 Å². The number of amides is 2. The number of aromatic nitrogens is 2. The molecule has 1 fully saturated rings. The fraction of sp³-hybridized carbons (Fsp3) is 0.500. The second-order valence-electron chi connectivity index (χ2n) is 10.2. The summed E-state index contributed by atoms with van der Waals surface area (Å²) in [5.41, 5.74) is 1.60. The van der Waals surface area contributed by atoms with E-state index in [0.717, 1.165) is 43.6 Å². The van der Waals surface area contributed by atoms with Crippen molar-refractivity contribution in [1.29, 1.82) is 0 Å². The van der Waals surface area contributed by atoms with E-state index in [0.29, 0.717) is 24.1 Å². The Balaban J connectivity index is 1.52. The summed E-state index contributed by atoms with van der Waals surface area (Å²) in [4.78, 5) is 37.6. The Hall–Kier alpha value is -3.53. The Labute approximate surface area is 224 Å². The molecular weight excluding hydrogens is 485 g/mol. The molecule has 3 N–H and O–H groups in total. The standard InChI is InChI=1S/C28H40FN7O2/c1-6-12-30-26-21(18-31-28(34-26)33-23-10-7-9-22(29)17-23)14-20-15-24(16-20)32-27(38)19(2)36(5)25(37)11-8-13-35(3)4/h7-11,17-20,24H,6,12-16H2,1-5H3,(H,32,38)(H2,30,31,33,34)/b11-8+/t19-,20?,24?/m0/s1. The molecule has 10 heteroatoms. The van der Waals surface area contributed by atoms with Gasteiger partial charge in [0.2, 0.25) is 17.8 Å². The van der Waals surface area contributed by atoms with E-state index in [1.165, 1.54) is 23.1 Å². The van der Waals surface area contributed by atoms with Crippen molar-refractivity contribution >= 4 is 29.3 Å². The minimum Gasteiger partial charge on any atom is -0.370 e. The predicted molar refractivity (Wildman–Crippen MR) is 149 cm³/mol. The summed E-state index contributed by atoms with van der Waals surface area (Å²) in [7, 11) is 5.50. The monoisotopic (exact) mass is 525 g/mol. The molecule has 2 amide bonds. The minimum atomic E-state index is -0.554. The summed E-state index contributed by atoms with van der Waals surface area (Å²) >= 11 is 0. The van der Waals surface area contributed by atoms with Gasteiger partial charge in [-0.05, 0) is 70.8 Å². The van der Waals surface area contributed by atoms with Crippen LogP contribution in [0, 0.1) is 11.7 Å². The van der Waals surface area contributed by atoms with Crippen LogP contribution < -0.4 is 16.0 Å². The van der Waals surface area contributed by atoms with Crippen molar-refractivity contribution < 1.29 is 14.0 Å². The molecule has 1 saturated carbocycles. The number of nitrogens with zero attached hydrogens (tertiary/aromatic N) is 4. The first-order valence-corrected chi connectivity index (χ1v) is 13.2. The lowest BCUT2D eigenvalue weighted by Gasteiger charge is -2.37. The summed E-state index contributed by atoms with van der Waals surface area (Å²) < 4.78 is 13.5. The molecule has 0 saturated heterocycles. The third-order valence-electron chi connectivity index (χ3n) is 6.62. The minimum absolute atomic E-state index is 0.0876. The van der Waals surface area contributed by atoms with E-state index in [9.17, 15) is 14.0 Å². The molecule has 0 spiro atoms. The summed E-state index contributed by atoms with van der Waals surface area (Å²) in [6.07, 6.45) is 8.57. The molecular formula is C28H40FN7O2. The van der Waals surface area contributed by atoms with Gasteiger partial charge < -0.3 is 25.8 Å². The van der Waals surface area contributed by atoms with Crippen molar-refractivity contribution in [2.75, 3.05) is 44.9 Å². The van der Waals surface area contributed by atoms with Crippen LogP contribution in [0.4, 0.5) is 21.8 Å². The highest BCUT2D eigenvalue weighted by molar-refractivity contribution is 5.92. The molecule has 38 heavy (non-hydrogen) atoms. The first-order chi connectivity index (χ1) is 18.2. The lowest BCUT2D eigenvalue weighted by molar-refractivity contribution is -0.135.